The molecule has 0 spiro atoms. The van der Waals surface area contributed by atoms with E-state index in [2.05, 4.69) is 28.3 Å². The van der Waals surface area contributed by atoms with Crippen LogP contribution in [-0.4, -0.2) is 29.2 Å². The molecule has 1 heterocycles. The van der Waals surface area contributed by atoms with Crippen molar-refractivity contribution in [1.29, 1.82) is 0 Å². The SMILES string of the molecule is CC[C@H](C)c1ccc(S(=O)(=O)Nc2cccc(S(=O)(=O)NC3=NCCC3)c2)cc1. The van der Waals surface area contributed by atoms with Crippen LogP contribution < -0.4 is 9.44 Å². The molecule has 0 fully saturated rings. The first kappa shape index (κ1) is 21.3. The zero-order chi connectivity index (χ0) is 21.1. The molecular weight excluding hydrogens is 410 g/mol. The molecule has 0 aromatic heterocycles. The molecule has 156 valence electrons. The van der Waals surface area contributed by atoms with Gasteiger partial charge in [-0.25, -0.2) is 16.8 Å². The van der Waals surface area contributed by atoms with Crippen molar-refractivity contribution in [1.82, 2.24) is 4.72 Å². The van der Waals surface area contributed by atoms with E-state index in [-0.39, 0.29) is 15.5 Å². The Bertz CT molecular complexity index is 1110. The van der Waals surface area contributed by atoms with Gasteiger partial charge in [0.2, 0.25) is 0 Å². The van der Waals surface area contributed by atoms with Gasteiger partial charge in [0.05, 0.1) is 15.5 Å². The van der Waals surface area contributed by atoms with Crippen LogP contribution in [0.2, 0.25) is 0 Å². The molecule has 0 saturated carbocycles. The van der Waals surface area contributed by atoms with Gasteiger partial charge >= 0.3 is 0 Å². The van der Waals surface area contributed by atoms with Crippen LogP contribution in [-0.2, 0) is 20.0 Å². The average molecular weight is 436 g/mol. The zero-order valence-corrected chi connectivity index (χ0v) is 18.1. The van der Waals surface area contributed by atoms with Crippen molar-refractivity contribution in [2.45, 2.75) is 48.8 Å². The number of amidine groups is 1. The molecule has 9 heteroatoms. The first-order chi connectivity index (χ1) is 13.7. The van der Waals surface area contributed by atoms with Crippen molar-refractivity contribution >= 4 is 31.6 Å². The van der Waals surface area contributed by atoms with E-state index in [1.165, 1.54) is 24.3 Å². The molecule has 2 aromatic carbocycles. The van der Waals surface area contributed by atoms with Crippen LogP contribution >= 0.6 is 0 Å². The molecule has 1 aliphatic rings. The number of anilines is 1. The Labute approximate surface area is 172 Å². The highest BCUT2D eigenvalue weighted by Crippen LogP contribution is 2.23. The fraction of sp³-hybridized carbons (Fsp3) is 0.350. The Hall–Kier alpha value is -2.39. The van der Waals surface area contributed by atoms with Gasteiger partial charge in [-0.15, -0.1) is 0 Å². The average Bonchev–Trinajstić information content (AvgIpc) is 3.19. The second-order valence-electron chi connectivity index (χ2n) is 7.05. The molecule has 1 aliphatic heterocycles. The molecule has 1 atom stereocenters. The number of benzene rings is 2. The van der Waals surface area contributed by atoms with Gasteiger partial charge in [-0.3, -0.25) is 14.4 Å². The highest BCUT2D eigenvalue weighted by atomic mass is 32.2. The Kier molecular flexibility index (Phi) is 6.28. The predicted octanol–water partition coefficient (Wildman–Crippen LogP) is 3.47. The zero-order valence-electron chi connectivity index (χ0n) is 16.4. The summed E-state index contributed by atoms with van der Waals surface area (Å²) in [5, 5.41) is 0. The van der Waals surface area contributed by atoms with Gasteiger partial charge in [0.15, 0.2) is 0 Å². The summed E-state index contributed by atoms with van der Waals surface area (Å²) in [6.07, 6.45) is 2.36. The molecule has 2 aromatic rings. The van der Waals surface area contributed by atoms with Crippen LogP contribution in [0.25, 0.3) is 0 Å². The molecule has 0 saturated heterocycles. The van der Waals surface area contributed by atoms with Gasteiger partial charge < -0.3 is 0 Å². The molecule has 3 rings (SSSR count). The molecule has 0 radical (unpaired) electrons. The molecule has 0 amide bonds. The second kappa shape index (κ2) is 8.54. The van der Waals surface area contributed by atoms with Gasteiger partial charge in [-0.1, -0.05) is 32.0 Å². The Morgan fingerprint density at radius 1 is 0.966 bits per heavy atom. The fourth-order valence-electron chi connectivity index (χ4n) is 2.99. The molecule has 0 aliphatic carbocycles. The number of hydrogen-bond donors (Lipinski definition) is 2. The summed E-state index contributed by atoms with van der Waals surface area (Å²) in [5.41, 5.74) is 1.24. The quantitative estimate of drug-likeness (QED) is 0.695. The summed E-state index contributed by atoms with van der Waals surface area (Å²) < 4.78 is 55.4. The molecule has 0 bridgehead atoms. The third-order valence-electron chi connectivity index (χ3n) is 4.89. The highest BCUT2D eigenvalue weighted by Gasteiger charge is 2.20. The molecule has 0 unspecified atom stereocenters. The third-order valence-corrected chi connectivity index (χ3v) is 7.67. The monoisotopic (exact) mass is 435 g/mol. The lowest BCUT2D eigenvalue weighted by atomic mass is 9.99. The summed E-state index contributed by atoms with van der Waals surface area (Å²) in [5.74, 6) is 0.774. The molecular formula is C20H25N3O4S2. The van der Waals surface area contributed by atoms with Gasteiger partial charge in [-0.2, -0.15) is 0 Å². The summed E-state index contributed by atoms with van der Waals surface area (Å²) in [4.78, 5) is 4.20. The minimum Gasteiger partial charge on any atom is -0.280 e. The van der Waals surface area contributed by atoms with E-state index >= 15 is 0 Å². The maximum Gasteiger partial charge on any atom is 0.262 e. The second-order valence-corrected chi connectivity index (χ2v) is 10.4. The Balaban J connectivity index is 1.80. The minimum atomic E-state index is -3.84. The van der Waals surface area contributed by atoms with Crippen LogP contribution in [0.4, 0.5) is 5.69 Å². The highest BCUT2D eigenvalue weighted by molar-refractivity contribution is 7.92. The van der Waals surface area contributed by atoms with Crippen molar-refractivity contribution in [3.63, 3.8) is 0 Å². The van der Waals surface area contributed by atoms with Crippen molar-refractivity contribution in [3.8, 4) is 0 Å². The van der Waals surface area contributed by atoms with Crippen LogP contribution in [0, 0.1) is 0 Å². The maximum atomic E-state index is 12.7. The smallest absolute Gasteiger partial charge is 0.262 e. The topological polar surface area (TPSA) is 105 Å². The van der Waals surface area contributed by atoms with E-state index in [4.69, 9.17) is 0 Å². The minimum absolute atomic E-state index is 0.0283. The van der Waals surface area contributed by atoms with Gasteiger partial charge in [0.25, 0.3) is 20.0 Å². The first-order valence-corrected chi connectivity index (χ1v) is 12.5. The van der Waals surface area contributed by atoms with Gasteiger partial charge in [-0.05, 0) is 54.7 Å². The summed E-state index contributed by atoms with van der Waals surface area (Å²) in [6.45, 7) is 4.76. The third kappa shape index (κ3) is 5.16. The van der Waals surface area contributed by atoms with Crippen molar-refractivity contribution in [2.75, 3.05) is 11.3 Å². The normalized spacial score (nSPS) is 15.6. The number of nitrogens with zero attached hydrogens (tertiary/aromatic N) is 1. The predicted molar refractivity (Wildman–Crippen MR) is 114 cm³/mol. The first-order valence-electron chi connectivity index (χ1n) is 9.50. The summed E-state index contributed by atoms with van der Waals surface area (Å²) >= 11 is 0. The lowest BCUT2D eigenvalue weighted by Crippen LogP contribution is -2.29. The van der Waals surface area contributed by atoms with Crippen LogP contribution in [0.15, 0.2) is 63.3 Å². The summed E-state index contributed by atoms with van der Waals surface area (Å²) in [6, 6.07) is 12.4. The number of hydrogen-bond acceptors (Lipinski definition) is 5. The van der Waals surface area contributed by atoms with Gasteiger partial charge in [0, 0.05) is 13.0 Å². The Morgan fingerprint density at radius 3 is 2.28 bits per heavy atom. The number of sulfonamides is 2. The Morgan fingerprint density at radius 2 is 1.66 bits per heavy atom. The maximum absolute atomic E-state index is 12.7. The van der Waals surface area contributed by atoms with E-state index in [0.717, 1.165) is 18.4 Å². The number of aliphatic imine (C=N–C) groups is 1. The summed E-state index contributed by atoms with van der Waals surface area (Å²) in [7, 11) is -7.66. The van der Waals surface area contributed by atoms with E-state index in [1.54, 1.807) is 24.3 Å². The van der Waals surface area contributed by atoms with E-state index in [9.17, 15) is 16.8 Å². The standard InChI is InChI=1S/C20H25N3O4S2/c1-3-15(2)16-9-11-18(12-10-16)28(24,25)22-17-6-4-7-19(14-17)29(26,27)23-20-8-5-13-21-20/h4,6-7,9-12,14-15,22H,3,5,8,13H2,1-2H3,(H,21,23)/t15-/m0/s1. The lowest BCUT2D eigenvalue weighted by Gasteiger charge is -2.12. The van der Waals surface area contributed by atoms with Crippen LogP contribution in [0.3, 0.4) is 0 Å². The molecule has 29 heavy (non-hydrogen) atoms. The van der Waals surface area contributed by atoms with E-state index < -0.39 is 20.0 Å². The van der Waals surface area contributed by atoms with E-state index in [1.807, 2.05) is 0 Å². The lowest BCUT2D eigenvalue weighted by molar-refractivity contribution is 0.591. The van der Waals surface area contributed by atoms with Crippen molar-refractivity contribution < 1.29 is 16.8 Å². The van der Waals surface area contributed by atoms with E-state index in [0.29, 0.717) is 24.7 Å². The molecule has 7 nitrogen and oxygen atoms in total. The van der Waals surface area contributed by atoms with Gasteiger partial charge in [0.1, 0.15) is 5.84 Å². The number of nitrogens with one attached hydrogen (secondary N) is 2. The fourth-order valence-corrected chi connectivity index (χ4v) is 5.17. The van der Waals surface area contributed by atoms with Crippen molar-refractivity contribution in [3.05, 3.63) is 54.1 Å². The van der Waals surface area contributed by atoms with Crippen molar-refractivity contribution in [2.24, 2.45) is 4.99 Å². The van der Waals surface area contributed by atoms with Crippen LogP contribution in [0.1, 0.15) is 44.6 Å². The molecule has 2 N–H and O–H groups in total. The number of rotatable bonds is 7. The van der Waals surface area contributed by atoms with Crippen LogP contribution in [0.5, 0.6) is 0 Å². The largest absolute Gasteiger partial charge is 0.280 e.